The highest BCUT2D eigenvalue weighted by atomic mass is 32.2. The third-order valence-electron chi connectivity index (χ3n) is 4.06. The third-order valence-corrected chi connectivity index (χ3v) is 5.22. The van der Waals surface area contributed by atoms with Crippen molar-refractivity contribution in [3.63, 3.8) is 0 Å². The summed E-state index contributed by atoms with van der Waals surface area (Å²) in [5, 5.41) is 20.2. The minimum Gasteiger partial charge on any atom is -0.497 e. The molecule has 27 heavy (non-hydrogen) atoms. The Balaban J connectivity index is 1.81. The molecule has 1 heterocycles. The van der Waals surface area contributed by atoms with Gasteiger partial charge >= 0.3 is 0 Å². The van der Waals surface area contributed by atoms with E-state index in [0.717, 1.165) is 27.5 Å². The second kappa shape index (κ2) is 8.39. The Labute approximate surface area is 161 Å². The molecular formula is C21H16N2O3S. The van der Waals surface area contributed by atoms with Gasteiger partial charge in [-0.2, -0.15) is 5.26 Å². The number of benzene rings is 2. The summed E-state index contributed by atoms with van der Waals surface area (Å²) in [6.45, 7) is 0. The van der Waals surface area contributed by atoms with E-state index in [9.17, 15) is 15.4 Å². The molecule has 5 nitrogen and oxygen atoms in total. The van der Waals surface area contributed by atoms with Crippen molar-refractivity contribution in [3.05, 3.63) is 93.6 Å². The molecule has 0 aliphatic carbocycles. The average Bonchev–Trinajstić information content (AvgIpc) is 2.72. The molecule has 0 bridgehead atoms. The minimum absolute atomic E-state index is 0.00976. The zero-order chi connectivity index (χ0) is 19.2. The summed E-state index contributed by atoms with van der Waals surface area (Å²) in [5.41, 5.74) is 3.30. The summed E-state index contributed by atoms with van der Waals surface area (Å²) in [4.78, 5) is 11.5. The predicted molar refractivity (Wildman–Crippen MR) is 108 cm³/mol. The van der Waals surface area contributed by atoms with Gasteiger partial charge in [-0.3, -0.25) is 10.1 Å². The first kappa shape index (κ1) is 18.5. The van der Waals surface area contributed by atoms with E-state index in [2.05, 4.69) is 6.07 Å². The number of allylic oxidation sites excluding steroid dienone is 4. The Morgan fingerprint density at radius 1 is 1.19 bits per heavy atom. The zero-order valence-electron chi connectivity index (χ0n) is 14.6. The average molecular weight is 376 g/mol. The van der Waals surface area contributed by atoms with Gasteiger partial charge in [-0.15, -0.1) is 11.8 Å². The van der Waals surface area contributed by atoms with Crippen molar-refractivity contribution in [1.29, 1.82) is 5.26 Å². The molecule has 0 fully saturated rings. The standard InChI is InChI=1S/C21H16N2O3S/c1-26-20-9-5-17(6-10-20)21-11-2-15(14-27-21)12-18(13-22)16-3-7-19(8-4-16)23(24)25/h2-12H,14H2,1H3/b18-12+. The number of thioether (sulfide) groups is 1. The number of ether oxygens (including phenoxy) is 1. The van der Waals surface area contributed by atoms with Crippen molar-refractivity contribution < 1.29 is 9.66 Å². The first-order valence-corrected chi connectivity index (χ1v) is 9.14. The molecule has 0 atom stereocenters. The van der Waals surface area contributed by atoms with Gasteiger partial charge in [-0.25, -0.2) is 0 Å². The SMILES string of the molecule is COc1ccc(C2=CC=C(/C=C(\C#N)c3ccc([N+](=O)[O-])cc3)CS2)cc1. The van der Waals surface area contributed by atoms with Crippen LogP contribution in [0.2, 0.25) is 0 Å². The van der Waals surface area contributed by atoms with Gasteiger partial charge in [0.15, 0.2) is 0 Å². The van der Waals surface area contributed by atoms with Gasteiger partial charge < -0.3 is 4.74 Å². The Kier molecular flexibility index (Phi) is 5.74. The molecular weight excluding hydrogens is 360 g/mol. The van der Waals surface area contributed by atoms with Gasteiger partial charge in [0, 0.05) is 22.8 Å². The molecule has 2 aromatic carbocycles. The fourth-order valence-corrected chi connectivity index (χ4v) is 3.56. The minimum atomic E-state index is -0.453. The molecule has 1 aliphatic rings. The van der Waals surface area contributed by atoms with E-state index < -0.39 is 4.92 Å². The number of nitriles is 1. The van der Waals surface area contributed by atoms with Gasteiger partial charge in [0.05, 0.1) is 23.7 Å². The Morgan fingerprint density at radius 3 is 2.41 bits per heavy atom. The largest absolute Gasteiger partial charge is 0.497 e. The summed E-state index contributed by atoms with van der Waals surface area (Å²) >= 11 is 1.70. The van der Waals surface area contributed by atoms with Gasteiger partial charge in [0.2, 0.25) is 0 Å². The number of methoxy groups -OCH3 is 1. The van der Waals surface area contributed by atoms with Gasteiger partial charge in [-0.05, 0) is 53.1 Å². The van der Waals surface area contributed by atoms with Crippen LogP contribution in [-0.4, -0.2) is 17.8 Å². The maximum Gasteiger partial charge on any atom is 0.269 e. The maximum absolute atomic E-state index is 10.8. The summed E-state index contributed by atoms with van der Waals surface area (Å²) in [6, 6.07) is 16.1. The quantitative estimate of drug-likeness (QED) is 0.406. The van der Waals surface area contributed by atoms with Crippen LogP contribution in [0.3, 0.4) is 0 Å². The molecule has 2 aromatic rings. The van der Waals surface area contributed by atoms with E-state index in [0.29, 0.717) is 11.1 Å². The molecule has 134 valence electrons. The Morgan fingerprint density at radius 2 is 1.89 bits per heavy atom. The van der Waals surface area contributed by atoms with Crippen LogP contribution in [0.1, 0.15) is 11.1 Å². The van der Waals surface area contributed by atoms with Crippen LogP contribution in [0, 0.1) is 21.4 Å². The Bertz CT molecular complexity index is 982. The van der Waals surface area contributed by atoms with Crippen molar-refractivity contribution in [2.75, 3.05) is 12.9 Å². The number of hydrogen-bond donors (Lipinski definition) is 0. The number of non-ortho nitro benzene ring substituents is 1. The molecule has 0 radical (unpaired) electrons. The fraction of sp³-hybridized carbons (Fsp3) is 0.0952. The molecule has 6 heteroatoms. The molecule has 0 spiro atoms. The van der Waals surface area contributed by atoms with Crippen LogP contribution in [0.5, 0.6) is 5.75 Å². The van der Waals surface area contributed by atoms with Crippen LogP contribution in [-0.2, 0) is 0 Å². The highest BCUT2D eigenvalue weighted by Gasteiger charge is 2.11. The molecule has 0 amide bonds. The van der Waals surface area contributed by atoms with E-state index in [1.54, 1.807) is 31.0 Å². The molecule has 0 unspecified atom stereocenters. The topological polar surface area (TPSA) is 76.2 Å². The zero-order valence-corrected chi connectivity index (χ0v) is 15.4. The van der Waals surface area contributed by atoms with E-state index in [1.165, 1.54) is 12.1 Å². The lowest BCUT2D eigenvalue weighted by atomic mass is 10.0. The second-order valence-corrected chi connectivity index (χ2v) is 6.78. The smallest absolute Gasteiger partial charge is 0.269 e. The number of hydrogen-bond acceptors (Lipinski definition) is 5. The number of rotatable bonds is 5. The fourth-order valence-electron chi connectivity index (χ4n) is 2.59. The first-order valence-electron chi connectivity index (χ1n) is 8.15. The molecule has 0 aromatic heterocycles. The number of nitro benzene ring substituents is 1. The van der Waals surface area contributed by atoms with Crippen molar-refractivity contribution >= 4 is 27.9 Å². The summed E-state index contributed by atoms with van der Waals surface area (Å²) in [6.07, 6.45) is 5.86. The van der Waals surface area contributed by atoms with E-state index in [1.807, 2.05) is 42.5 Å². The lowest BCUT2D eigenvalue weighted by molar-refractivity contribution is -0.384. The molecule has 3 rings (SSSR count). The number of nitro groups is 1. The summed E-state index contributed by atoms with van der Waals surface area (Å²) in [5.74, 6) is 1.57. The number of nitrogens with zero attached hydrogens (tertiary/aromatic N) is 2. The van der Waals surface area contributed by atoms with Crippen molar-refractivity contribution in [3.8, 4) is 11.8 Å². The van der Waals surface area contributed by atoms with Gasteiger partial charge in [-0.1, -0.05) is 18.2 Å². The Hall–Kier alpha value is -3.30. The van der Waals surface area contributed by atoms with Crippen LogP contribution in [0.4, 0.5) is 5.69 Å². The lowest BCUT2D eigenvalue weighted by Gasteiger charge is -2.13. The van der Waals surface area contributed by atoms with Gasteiger partial charge in [0.25, 0.3) is 5.69 Å². The summed E-state index contributed by atoms with van der Waals surface area (Å²) in [7, 11) is 1.64. The maximum atomic E-state index is 10.8. The van der Waals surface area contributed by atoms with Gasteiger partial charge in [0.1, 0.15) is 5.75 Å². The molecule has 0 N–H and O–H groups in total. The molecule has 0 saturated heterocycles. The lowest BCUT2D eigenvalue weighted by Crippen LogP contribution is -1.94. The van der Waals surface area contributed by atoms with Crippen molar-refractivity contribution in [2.24, 2.45) is 0 Å². The monoisotopic (exact) mass is 376 g/mol. The predicted octanol–water partition coefficient (Wildman–Crippen LogP) is 5.22. The second-order valence-electron chi connectivity index (χ2n) is 5.76. The van der Waals surface area contributed by atoms with E-state index in [4.69, 9.17) is 4.74 Å². The van der Waals surface area contributed by atoms with Crippen molar-refractivity contribution in [2.45, 2.75) is 0 Å². The highest BCUT2D eigenvalue weighted by Crippen LogP contribution is 2.34. The first-order chi connectivity index (χ1) is 13.1. The van der Waals surface area contributed by atoms with Crippen LogP contribution in [0.25, 0.3) is 10.5 Å². The normalized spacial score (nSPS) is 14.0. The highest BCUT2D eigenvalue weighted by molar-refractivity contribution is 8.08. The van der Waals surface area contributed by atoms with E-state index in [-0.39, 0.29) is 5.69 Å². The molecule has 0 saturated carbocycles. The summed E-state index contributed by atoms with van der Waals surface area (Å²) < 4.78 is 5.18. The van der Waals surface area contributed by atoms with E-state index >= 15 is 0 Å². The van der Waals surface area contributed by atoms with Crippen molar-refractivity contribution in [1.82, 2.24) is 0 Å². The molecule has 1 aliphatic heterocycles. The third kappa shape index (κ3) is 4.46. The van der Waals surface area contributed by atoms with Crippen LogP contribution in [0.15, 0.2) is 72.3 Å². The van der Waals surface area contributed by atoms with Crippen LogP contribution >= 0.6 is 11.8 Å². The van der Waals surface area contributed by atoms with Crippen LogP contribution < -0.4 is 4.74 Å².